The number of thiazole rings is 1. The van der Waals surface area contributed by atoms with E-state index in [9.17, 15) is 0 Å². The normalized spacial score (nSPS) is 12.9. The van der Waals surface area contributed by atoms with Crippen LogP contribution in [-0.4, -0.2) is 4.98 Å². The highest BCUT2D eigenvalue weighted by atomic mass is 79.9. The van der Waals surface area contributed by atoms with Crippen molar-refractivity contribution in [1.82, 2.24) is 10.3 Å². The van der Waals surface area contributed by atoms with Gasteiger partial charge in [0, 0.05) is 33.0 Å². The monoisotopic (exact) mass is 316 g/mol. The molecule has 0 radical (unpaired) electrons. The highest BCUT2D eigenvalue weighted by molar-refractivity contribution is 9.10. The summed E-state index contributed by atoms with van der Waals surface area (Å²) >= 11 is 7.08. The van der Waals surface area contributed by atoms with Crippen molar-refractivity contribution in [1.29, 1.82) is 0 Å². The van der Waals surface area contributed by atoms with Gasteiger partial charge >= 0.3 is 0 Å². The van der Waals surface area contributed by atoms with Gasteiger partial charge in [-0.05, 0) is 41.2 Å². The van der Waals surface area contributed by atoms with E-state index in [0.29, 0.717) is 6.04 Å². The van der Waals surface area contributed by atoms with Crippen LogP contribution in [0.1, 0.15) is 27.7 Å². The van der Waals surface area contributed by atoms with Crippen molar-refractivity contribution in [2.45, 2.75) is 26.4 Å². The Morgan fingerprint density at radius 2 is 2.38 bits per heavy atom. The molecule has 0 fully saturated rings. The van der Waals surface area contributed by atoms with Gasteiger partial charge in [0.05, 0.1) is 5.01 Å². The molecule has 16 heavy (non-hydrogen) atoms. The van der Waals surface area contributed by atoms with E-state index in [-0.39, 0.29) is 0 Å². The van der Waals surface area contributed by atoms with Crippen LogP contribution in [0.3, 0.4) is 0 Å². The number of nitrogens with one attached hydrogen (secondary N) is 1. The van der Waals surface area contributed by atoms with E-state index in [4.69, 9.17) is 0 Å². The summed E-state index contributed by atoms with van der Waals surface area (Å²) < 4.78 is 1.19. The predicted octanol–water partition coefficient (Wildman–Crippen LogP) is 4.13. The molecule has 0 bridgehead atoms. The zero-order chi connectivity index (χ0) is 11.5. The quantitative estimate of drug-likeness (QED) is 0.917. The molecule has 2 heterocycles. The van der Waals surface area contributed by atoms with Crippen LogP contribution in [0.5, 0.6) is 0 Å². The number of aryl methyl sites for hydroxylation is 1. The summed E-state index contributed by atoms with van der Waals surface area (Å²) in [5.41, 5.74) is 0. The van der Waals surface area contributed by atoms with Crippen LogP contribution in [-0.2, 0) is 6.54 Å². The van der Waals surface area contributed by atoms with Crippen molar-refractivity contribution in [2.24, 2.45) is 0 Å². The van der Waals surface area contributed by atoms with Gasteiger partial charge in [0.25, 0.3) is 0 Å². The molecule has 0 aliphatic carbocycles. The van der Waals surface area contributed by atoms with E-state index in [0.717, 1.165) is 11.6 Å². The van der Waals surface area contributed by atoms with Crippen molar-refractivity contribution in [3.8, 4) is 0 Å². The molecule has 0 aliphatic rings. The number of rotatable bonds is 4. The van der Waals surface area contributed by atoms with Crippen LogP contribution in [0.2, 0.25) is 0 Å². The lowest BCUT2D eigenvalue weighted by Crippen LogP contribution is -2.16. The lowest BCUT2D eigenvalue weighted by atomic mass is 10.3. The van der Waals surface area contributed by atoms with E-state index in [1.54, 1.807) is 22.7 Å². The smallest absolute Gasteiger partial charge is 0.0897 e. The van der Waals surface area contributed by atoms with E-state index in [1.807, 2.05) is 13.1 Å². The van der Waals surface area contributed by atoms with Crippen LogP contribution >= 0.6 is 38.6 Å². The molecule has 2 nitrogen and oxygen atoms in total. The second kappa shape index (κ2) is 5.40. The summed E-state index contributed by atoms with van der Waals surface area (Å²) in [6, 6.07) is 2.46. The summed E-state index contributed by atoms with van der Waals surface area (Å²) in [5.74, 6) is 0. The molecule has 86 valence electrons. The molecule has 0 saturated heterocycles. The van der Waals surface area contributed by atoms with Gasteiger partial charge in [-0.1, -0.05) is 0 Å². The number of thiophene rings is 1. The average Bonchev–Trinajstić information content (AvgIpc) is 2.84. The fourth-order valence-electron chi connectivity index (χ4n) is 1.45. The van der Waals surface area contributed by atoms with Gasteiger partial charge < -0.3 is 5.32 Å². The number of halogens is 1. The molecule has 1 N–H and O–H groups in total. The van der Waals surface area contributed by atoms with Gasteiger partial charge in [-0.2, -0.15) is 0 Å². The molecule has 0 aromatic carbocycles. The SMILES string of the molecule is Cc1ncc(CNC(C)c2sccc2Br)s1. The lowest BCUT2D eigenvalue weighted by molar-refractivity contribution is 0.585. The zero-order valence-electron chi connectivity index (χ0n) is 9.16. The Kier molecular flexibility index (Phi) is 4.13. The molecule has 1 atom stereocenters. The maximum absolute atomic E-state index is 4.25. The first-order valence-corrected chi connectivity index (χ1v) is 7.53. The van der Waals surface area contributed by atoms with E-state index < -0.39 is 0 Å². The molecule has 0 aliphatic heterocycles. The zero-order valence-corrected chi connectivity index (χ0v) is 12.4. The third-order valence-corrected chi connectivity index (χ3v) is 5.26. The van der Waals surface area contributed by atoms with E-state index >= 15 is 0 Å². The fourth-order valence-corrected chi connectivity index (χ4v) is 3.94. The first kappa shape index (κ1) is 12.2. The molecule has 0 amide bonds. The van der Waals surface area contributed by atoms with Gasteiger partial charge in [0.2, 0.25) is 0 Å². The summed E-state index contributed by atoms with van der Waals surface area (Å²) in [6.07, 6.45) is 1.95. The number of nitrogens with zero attached hydrogens (tertiary/aromatic N) is 1. The standard InChI is InChI=1S/C11H13BrN2S2/c1-7(11-10(12)3-4-15-11)13-5-9-6-14-8(2)16-9/h3-4,6-7,13H,5H2,1-2H3. The molecular formula is C11H13BrN2S2. The van der Waals surface area contributed by atoms with Crippen LogP contribution in [0, 0.1) is 6.92 Å². The maximum Gasteiger partial charge on any atom is 0.0897 e. The first-order chi connectivity index (χ1) is 7.66. The lowest BCUT2D eigenvalue weighted by Gasteiger charge is -2.11. The van der Waals surface area contributed by atoms with Gasteiger partial charge in [-0.25, -0.2) is 4.98 Å². The van der Waals surface area contributed by atoms with Crippen molar-refractivity contribution < 1.29 is 0 Å². The highest BCUT2D eigenvalue weighted by Crippen LogP contribution is 2.29. The highest BCUT2D eigenvalue weighted by Gasteiger charge is 2.10. The van der Waals surface area contributed by atoms with Crippen LogP contribution in [0.4, 0.5) is 0 Å². The molecule has 0 spiro atoms. The Morgan fingerprint density at radius 1 is 1.56 bits per heavy atom. The van der Waals surface area contributed by atoms with Crippen LogP contribution in [0.15, 0.2) is 22.1 Å². The Morgan fingerprint density at radius 3 is 2.94 bits per heavy atom. The Balaban J connectivity index is 1.93. The fraction of sp³-hybridized carbons (Fsp3) is 0.364. The van der Waals surface area contributed by atoms with E-state index in [2.05, 4.69) is 44.6 Å². The number of hydrogen-bond donors (Lipinski definition) is 1. The minimum atomic E-state index is 0.372. The topological polar surface area (TPSA) is 24.9 Å². The van der Waals surface area contributed by atoms with Gasteiger partial charge in [-0.3, -0.25) is 0 Å². The van der Waals surface area contributed by atoms with E-state index in [1.165, 1.54) is 14.2 Å². The maximum atomic E-state index is 4.25. The van der Waals surface area contributed by atoms with Crippen molar-refractivity contribution >= 4 is 38.6 Å². The second-order valence-electron chi connectivity index (χ2n) is 3.58. The third-order valence-electron chi connectivity index (χ3n) is 2.29. The Hall–Kier alpha value is -0.230. The van der Waals surface area contributed by atoms with Crippen LogP contribution in [0.25, 0.3) is 0 Å². The molecule has 2 aromatic rings. The summed E-state index contributed by atoms with van der Waals surface area (Å²) in [6.45, 7) is 5.11. The minimum absolute atomic E-state index is 0.372. The molecular weight excluding hydrogens is 304 g/mol. The third kappa shape index (κ3) is 2.91. The summed E-state index contributed by atoms with van der Waals surface area (Å²) in [5, 5.41) is 6.74. The van der Waals surface area contributed by atoms with Crippen molar-refractivity contribution in [3.05, 3.63) is 36.9 Å². The molecule has 1 unspecified atom stereocenters. The van der Waals surface area contributed by atoms with Crippen molar-refractivity contribution in [3.63, 3.8) is 0 Å². The largest absolute Gasteiger partial charge is 0.304 e. The van der Waals surface area contributed by atoms with Crippen molar-refractivity contribution in [2.75, 3.05) is 0 Å². The Labute approximate surface area is 112 Å². The summed E-state index contributed by atoms with van der Waals surface area (Å²) in [7, 11) is 0. The second-order valence-corrected chi connectivity index (χ2v) is 6.70. The predicted molar refractivity (Wildman–Crippen MR) is 74.1 cm³/mol. The molecule has 2 rings (SSSR count). The minimum Gasteiger partial charge on any atom is -0.304 e. The average molecular weight is 317 g/mol. The van der Waals surface area contributed by atoms with Gasteiger partial charge in [-0.15, -0.1) is 22.7 Å². The molecule has 0 saturated carbocycles. The molecule has 5 heteroatoms. The molecule has 2 aromatic heterocycles. The van der Waals surface area contributed by atoms with Gasteiger partial charge in [0.1, 0.15) is 0 Å². The van der Waals surface area contributed by atoms with Crippen LogP contribution < -0.4 is 5.32 Å². The first-order valence-electron chi connectivity index (χ1n) is 5.04. The summed E-state index contributed by atoms with van der Waals surface area (Å²) in [4.78, 5) is 6.88. The number of hydrogen-bond acceptors (Lipinski definition) is 4. The Bertz CT molecular complexity index is 464. The van der Waals surface area contributed by atoms with Gasteiger partial charge in [0.15, 0.2) is 0 Å². The number of aromatic nitrogens is 1.